The van der Waals surface area contributed by atoms with Crippen molar-refractivity contribution in [3.63, 3.8) is 0 Å². The molecule has 2 aromatic heterocycles. The van der Waals surface area contributed by atoms with Crippen molar-refractivity contribution >= 4 is 17.0 Å². The van der Waals surface area contributed by atoms with Crippen molar-refractivity contribution in [3.05, 3.63) is 12.7 Å². The molecule has 10 heteroatoms. The molecule has 3 rings (SSSR count). The predicted octanol–water partition coefficient (Wildman–Crippen LogP) is -2.73. The molecular formula is C10H15N7O3. The summed E-state index contributed by atoms with van der Waals surface area (Å²) >= 11 is 0. The molecule has 0 saturated carbocycles. The van der Waals surface area contributed by atoms with Gasteiger partial charge in [-0.15, -0.1) is 0 Å². The van der Waals surface area contributed by atoms with Crippen LogP contribution < -0.4 is 17.2 Å². The van der Waals surface area contributed by atoms with Gasteiger partial charge in [-0.2, -0.15) is 0 Å². The Morgan fingerprint density at radius 2 is 2.10 bits per heavy atom. The van der Waals surface area contributed by atoms with Crippen LogP contribution in [0, 0.1) is 0 Å². The Labute approximate surface area is 113 Å². The summed E-state index contributed by atoms with van der Waals surface area (Å²) in [6.45, 7) is -0.412. The van der Waals surface area contributed by atoms with Gasteiger partial charge in [0.1, 0.15) is 29.7 Å². The number of nitrogen functional groups attached to an aromatic ring is 1. The first kappa shape index (κ1) is 13.1. The zero-order valence-electron chi connectivity index (χ0n) is 10.4. The fraction of sp³-hybridized carbons (Fsp3) is 0.500. The van der Waals surface area contributed by atoms with Crippen LogP contribution in [0.2, 0.25) is 0 Å². The third-order valence-corrected chi connectivity index (χ3v) is 3.47. The summed E-state index contributed by atoms with van der Waals surface area (Å²) in [5.41, 5.74) is 16.5. The lowest BCUT2D eigenvalue weighted by Gasteiger charge is -2.26. The molecule has 8 N–H and O–H groups in total. The Hall–Kier alpha value is -1.85. The maximum Gasteiger partial charge on any atom is 0.167 e. The first-order chi connectivity index (χ1) is 9.46. The van der Waals surface area contributed by atoms with E-state index in [0.29, 0.717) is 11.2 Å². The van der Waals surface area contributed by atoms with Crippen LogP contribution in [0.3, 0.4) is 0 Å². The van der Waals surface area contributed by atoms with E-state index in [2.05, 4.69) is 15.0 Å². The quantitative estimate of drug-likeness (QED) is 0.366. The van der Waals surface area contributed by atoms with E-state index in [1.165, 1.54) is 17.2 Å². The molecule has 1 saturated heterocycles. The molecule has 20 heavy (non-hydrogen) atoms. The molecule has 0 amide bonds. The number of nitrogens with two attached hydrogens (primary N) is 3. The lowest BCUT2D eigenvalue weighted by molar-refractivity contribution is -0.0495. The van der Waals surface area contributed by atoms with Crippen molar-refractivity contribution in [2.75, 3.05) is 12.3 Å². The van der Waals surface area contributed by atoms with Gasteiger partial charge in [0.2, 0.25) is 0 Å². The summed E-state index contributed by atoms with van der Waals surface area (Å²) < 4.78 is 6.96. The van der Waals surface area contributed by atoms with Crippen molar-refractivity contribution in [3.8, 4) is 0 Å². The Bertz CT molecular complexity index is 643. The summed E-state index contributed by atoms with van der Waals surface area (Å²) in [6.07, 6.45) is -0.382. The first-order valence-corrected chi connectivity index (χ1v) is 5.92. The molecular weight excluding hydrogens is 266 g/mol. The van der Waals surface area contributed by atoms with E-state index in [1.807, 2.05) is 0 Å². The molecule has 1 fully saturated rings. The van der Waals surface area contributed by atoms with Crippen LogP contribution in [0.1, 0.15) is 6.23 Å². The minimum Gasteiger partial charge on any atom is -0.394 e. The highest BCUT2D eigenvalue weighted by molar-refractivity contribution is 5.81. The summed E-state index contributed by atoms with van der Waals surface area (Å²) in [5, 5.41) is 19.4. The number of aliphatic hydroxyl groups is 2. The van der Waals surface area contributed by atoms with Gasteiger partial charge in [-0.25, -0.2) is 15.0 Å². The zero-order chi connectivity index (χ0) is 14.5. The Morgan fingerprint density at radius 3 is 2.75 bits per heavy atom. The molecule has 2 aromatic rings. The fourth-order valence-electron chi connectivity index (χ4n) is 2.27. The molecule has 0 aromatic carbocycles. The summed E-state index contributed by atoms with van der Waals surface area (Å²) in [5.74, 6) is 0.215. The van der Waals surface area contributed by atoms with Crippen LogP contribution in [0.4, 0.5) is 5.82 Å². The van der Waals surface area contributed by atoms with Gasteiger partial charge in [0.15, 0.2) is 17.7 Å². The van der Waals surface area contributed by atoms with Gasteiger partial charge in [0.25, 0.3) is 0 Å². The monoisotopic (exact) mass is 281 g/mol. The van der Waals surface area contributed by atoms with E-state index in [9.17, 15) is 10.2 Å². The number of imidazole rings is 1. The van der Waals surface area contributed by atoms with Crippen LogP contribution >= 0.6 is 0 Å². The van der Waals surface area contributed by atoms with Crippen LogP contribution in [-0.2, 0) is 4.74 Å². The average molecular weight is 281 g/mol. The largest absolute Gasteiger partial charge is 0.394 e. The number of nitrogens with zero attached hydrogens (tertiary/aromatic N) is 4. The third kappa shape index (κ3) is 1.67. The Kier molecular flexibility index (Phi) is 2.84. The number of aromatic nitrogens is 4. The number of hydrogen-bond acceptors (Lipinski definition) is 9. The van der Waals surface area contributed by atoms with Crippen LogP contribution in [0.15, 0.2) is 12.7 Å². The van der Waals surface area contributed by atoms with E-state index in [0.717, 1.165) is 0 Å². The van der Waals surface area contributed by atoms with E-state index < -0.39 is 30.7 Å². The van der Waals surface area contributed by atoms with Gasteiger partial charge in [0, 0.05) is 0 Å². The van der Waals surface area contributed by atoms with Gasteiger partial charge in [-0.3, -0.25) is 4.57 Å². The normalized spacial score (nSPS) is 29.1. The second kappa shape index (κ2) is 4.33. The minimum atomic E-state index is -1.57. The minimum absolute atomic E-state index is 0.215. The average Bonchev–Trinajstić information content (AvgIpc) is 2.92. The lowest BCUT2D eigenvalue weighted by atomic mass is 10.0. The molecule has 3 heterocycles. The van der Waals surface area contributed by atoms with Crippen molar-refractivity contribution in [1.29, 1.82) is 0 Å². The van der Waals surface area contributed by atoms with Crippen LogP contribution in [-0.4, -0.2) is 54.2 Å². The van der Waals surface area contributed by atoms with Crippen molar-refractivity contribution in [2.45, 2.75) is 24.1 Å². The zero-order valence-corrected chi connectivity index (χ0v) is 10.4. The summed E-state index contributed by atoms with van der Waals surface area (Å²) in [7, 11) is 0. The third-order valence-electron chi connectivity index (χ3n) is 3.47. The van der Waals surface area contributed by atoms with Gasteiger partial charge < -0.3 is 32.2 Å². The van der Waals surface area contributed by atoms with E-state index in [4.69, 9.17) is 21.9 Å². The smallest absolute Gasteiger partial charge is 0.167 e. The van der Waals surface area contributed by atoms with Crippen molar-refractivity contribution in [1.82, 2.24) is 19.5 Å². The Morgan fingerprint density at radius 1 is 1.35 bits per heavy atom. The number of rotatable bonds is 2. The standard InChI is InChI=1S/C10H15N7O3/c11-7-5-8(15-2-14-7)17(3-16-5)9-6(19)10(12,13)4(1-18)20-9/h2-4,6,9,18-19H,1,12-13H2,(H2,11,14,15)/t4-,6+,9-/m1/s1. The maximum absolute atomic E-state index is 10.2. The Balaban J connectivity index is 2.06. The summed E-state index contributed by atoms with van der Waals surface area (Å²) in [4.78, 5) is 12.0. The SMILES string of the molecule is Nc1ncnc2c1ncn2[C@@H]1O[C@H](CO)C(N)(N)[C@H]1O. The van der Waals surface area contributed by atoms with Gasteiger partial charge >= 0.3 is 0 Å². The molecule has 3 atom stereocenters. The number of anilines is 1. The molecule has 1 aliphatic rings. The highest BCUT2D eigenvalue weighted by Crippen LogP contribution is 2.34. The second-order valence-electron chi connectivity index (χ2n) is 4.73. The molecule has 0 radical (unpaired) electrons. The predicted molar refractivity (Wildman–Crippen MR) is 67.8 cm³/mol. The number of ether oxygens (including phenoxy) is 1. The van der Waals surface area contributed by atoms with E-state index >= 15 is 0 Å². The molecule has 108 valence electrons. The summed E-state index contributed by atoms with van der Waals surface area (Å²) in [6, 6.07) is 0. The lowest BCUT2D eigenvalue weighted by Crippen LogP contribution is -2.64. The number of fused-ring (bicyclic) bond motifs is 1. The molecule has 0 unspecified atom stereocenters. The molecule has 0 bridgehead atoms. The fourth-order valence-corrected chi connectivity index (χ4v) is 2.27. The number of hydrogen-bond donors (Lipinski definition) is 5. The van der Waals surface area contributed by atoms with Crippen LogP contribution in [0.25, 0.3) is 11.2 Å². The highest BCUT2D eigenvalue weighted by Gasteiger charge is 2.52. The first-order valence-electron chi connectivity index (χ1n) is 5.92. The molecule has 0 aliphatic carbocycles. The molecule has 10 nitrogen and oxygen atoms in total. The second-order valence-corrected chi connectivity index (χ2v) is 4.73. The molecule has 0 spiro atoms. The number of aliphatic hydroxyl groups excluding tert-OH is 2. The van der Waals surface area contributed by atoms with Crippen molar-refractivity contribution < 1.29 is 14.9 Å². The molecule has 1 aliphatic heterocycles. The van der Waals surface area contributed by atoms with Crippen LogP contribution in [0.5, 0.6) is 0 Å². The van der Waals surface area contributed by atoms with Gasteiger partial charge in [-0.05, 0) is 0 Å². The van der Waals surface area contributed by atoms with Gasteiger partial charge in [-0.1, -0.05) is 0 Å². The topological polar surface area (TPSA) is 171 Å². The highest BCUT2D eigenvalue weighted by atomic mass is 16.5. The van der Waals surface area contributed by atoms with Crippen molar-refractivity contribution in [2.24, 2.45) is 11.5 Å². The van der Waals surface area contributed by atoms with Gasteiger partial charge in [0.05, 0.1) is 12.9 Å². The van der Waals surface area contributed by atoms with E-state index in [-0.39, 0.29) is 5.82 Å². The maximum atomic E-state index is 10.2. The van der Waals surface area contributed by atoms with E-state index in [1.54, 1.807) is 0 Å².